The first-order chi connectivity index (χ1) is 7.03. The predicted molar refractivity (Wildman–Crippen MR) is 46.4 cm³/mol. The fourth-order valence-electron chi connectivity index (χ4n) is 0.959. The van der Waals surface area contributed by atoms with Gasteiger partial charge in [-0.05, 0) is 19.8 Å². The molecule has 1 atom stereocenters. The molecule has 1 saturated carbocycles. The van der Waals surface area contributed by atoms with Crippen LogP contribution in [-0.2, 0) is 9.59 Å². The number of hydrogen-bond acceptors (Lipinski definition) is 3. The summed E-state index contributed by atoms with van der Waals surface area (Å²) >= 11 is 0. The van der Waals surface area contributed by atoms with Gasteiger partial charge in [0.1, 0.15) is 0 Å². The summed E-state index contributed by atoms with van der Waals surface area (Å²) in [5, 5.41) is 9.97. The quantitative estimate of drug-likeness (QED) is 0.647. The zero-order valence-corrected chi connectivity index (χ0v) is 8.39. The Morgan fingerprint density at radius 2 is 1.81 bits per heavy atom. The summed E-state index contributed by atoms with van der Waals surface area (Å²) in [5.74, 6) is -3.26. The van der Waals surface area contributed by atoms with Crippen molar-refractivity contribution in [2.75, 3.05) is 0 Å². The van der Waals surface area contributed by atoms with Crippen LogP contribution < -0.4 is 11.1 Å². The molecular formula is C8H11F3N2O3. The van der Waals surface area contributed by atoms with Gasteiger partial charge in [0.25, 0.3) is 0 Å². The highest BCUT2D eigenvalue weighted by molar-refractivity contribution is 5.94. The van der Waals surface area contributed by atoms with E-state index in [-0.39, 0.29) is 12.8 Å². The standard InChI is InChI=1S/C8H11F3N2O3/c1-6(5(15)16,8(9,10)11)13-4(14)7(12)2-3-7/h2-3,12H2,1H3,(H,13,14)(H,15,16). The lowest BCUT2D eigenvalue weighted by atomic mass is 10.0. The average Bonchev–Trinajstić information content (AvgIpc) is 2.82. The first-order valence-corrected chi connectivity index (χ1v) is 4.44. The molecule has 5 nitrogen and oxygen atoms in total. The predicted octanol–water partition coefficient (Wildman–Crippen LogP) is -0.000500. The Hall–Kier alpha value is -1.31. The zero-order valence-electron chi connectivity index (χ0n) is 8.39. The van der Waals surface area contributed by atoms with Gasteiger partial charge in [-0.15, -0.1) is 0 Å². The summed E-state index contributed by atoms with van der Waals surface area (Å²) in [6.45, 7) is 0.388. The van der Waals surface area contributed by atoms with E-state index in [9.17, 15) is 22.8 Å². The number of alkyl halides is 3. The maximum Gasteiger partial charge on any atom is 0.422 e. The van der Waals surface area contributed by atoms with Crippen LogP contribution in [0, 0.1) is 0 Å². The highest BCUT2D eigenvalue weighted by Gasteiger charge is 2.60. The molecule has 0 aliphatic heterocycles. The molecule has 0 radical (unpaired) electrons. The van der Waals surface area contributed by atoms with Crippen LogP contribution in [0.1, 0.15) is 19.8 Å². The van der Waals surface area contributed by atoms with E-state index < -0.39 is 29.1 Å². The van der Waals surface area contributed by atoms with Crippen LogP contribution >= 0.6 is 0 Å². The molecule has 1 aliphatic carbocycles. The SMILES string of the molecule is CC(NC(=O)C1(N)CC1)(C(=O)O)C(F)(F)F. The average molecular weight is 240 g/mol. The van der Waals surface area contributed by atoms with E-state index in [1.54, 1.807) is 0 Å². The van der Waals surface area contributed by atoms with E-state index in [1.165, 1.54) is 5.32 Å². The Morgan fingerprint density at radius 3 is 2.06 bits per heavy atom. The smallest absolute Gasteiger partial charge is 0.422 e. The van der Waals surface area contributed by atoms with Crippen LogP contribution in [0.2, 0.25) is 0 Å². The van der Waals surface area contributed by atoms with Gasteiger partial charge < -0.3 is 16.2 Å². The lowest BCUT2D eigenvalue weighted by Gasteiger charge is -2.29. The second kappa shape index (κ2) is 3.34. The lowest BCUT2D eigenvalue weighted by molar-refractivity contribution is -0.207. The molecule has 0 bridgehead atoms. The maximum atomic E-state index is 12.5. The molecule has 4 N–H and O–H groups in total. The third-order valence-corrected chi connectivity index (χ3v) is 2.60. The fraction of sp³-hybridized carbons (Fsp3) is 0.750. The number of carbonyl (C=O) groups excluding carboxylic acids is 1. The third-order valence-electron chi connectivity index (χ3n) is 2.60. The van der Waals surface area contributed by atoms with E-state index in [2.05, 4.69) is 0 Å². The van der Waals surface area contributed by atoms with Crippen molar-refractivity contribution in [3.63, 3.8) is 0 Å². The fourth-order valence-corrected chi connectivity index (χ4v) is 0.959. The molecule has 8 heteroatoms. The molecule has 0 aromatic carbocycles. The van der Waals surface area contributed by atoms with Gasteiger partial charge in [0.15, 0.2) is 0 Å². The van der Waals surface area contributed by atoms with Crippen molar-refractivity contribution in [1.29, 1.82) is 0 Å². The molecular weight excluding hydrogens is 229 g/mol. The summed E-state index contributed by atoms with van der Waals surface area (Å²) in [7, 11) is 0. The number of rotatable bonds is 3. The number of aliphatic carboxylic acids is 1. The van der Waals surface area contributed by atoms with E-state index in [1.807, 2.05) is 0 Å². The lowest BCUT2D eigenvalue weighted by Crippen LogP contribution is -2.64. The van der Waals surface area contributed by atoms with Crippen LogP contribution in [-0.4, -0.2) is 34.2 Å². The molecule has 1 unspecified atom stereocenters. The summed E-state index contributed by atoms with van der Waals surface area (Å²) in [6.07, 6.45) is -4.57. The van der Waals surface area contributed by atoms with Crippen molar-refractivity contribution in [2.45, 2.75) is 37.0 Å². The minimum Gasteiger partial charge on any atom is -0.479 e. The van der Waals surface area contributed by atoms with Crippen molar-refractivity contribution in [1.82, 2.24) is 5.32 Å². The summed E-state index contributed by atoms with van der Waals surface area (Å²) < 4.78 is 37.5. The van der Waals surface area contributed by atoms with Crippen molar-refractivity contribution in [2.24, 2.45) is 5.73 Å². The van der Waals surface area contributed by atoms with Crippen molar-refractivity contribution < 1.29 is 27.9 Å². The Labute approximate surface area is 88.8 Å². The molecule has 16 heavy (non-hydrogen) atoms. The van der Waals surface area contributed by atoms with Gasteiger partial charge in [-0.1, -0.05) is 0 Å². The molecule has 1 fully saturated rings. The molecule has 0 heterocycles. The largest absolute Gasteiger partial charge is 0.479 e. The number of nitrogens with two attached hydrogens (primary N) is 1. The van der Waals surface area contributed by atoms with Gasteiger partial charge in [0, 0.05) is 0 Å². The van der Waals surface area contributed by atoms with Crippen LogP contribution in [0.5, 0.6) is 0 Å². The van der Waals surface area contributed by atoms with Crippen molar-refractivity contribution >= 4 is 11.9 Å². The molecule has 1 rings (SSSR count). The second-order valence-electron chi connectivity index (χ2n) is 4.04. The van der Waals surface area contributed by atoms with Gasteiger partial charge in [0.05, 0.1) is 5.54 Å². The van der Waals surface area contributed by atoms with E-state index in [4.69, 9.17) is 10.8 Å². The highest BCUT2D eigenvalue weighted by atomic mass is 19.4. The second-order valence-corrected chi connectivity index (χ2v) is 4.04. The number of carboxylic acids is 1. The number of nitrogens with one attached hydrogen (secondary N) is 1. The number of carbonyl (C=O) groups is 2. The van der Waals surface area contributed by atoms with Gasteiger partial charge in [0.2, 0.25) is 11.4 Å². The van der Waals surface area contributed by atoms with Crippen LogP contribution in [0.15, 0.2) is 0 Å². The normalized spacial score (nSPS) is 22.1. The topological polar surface area (TPSA) is 92.4 Å². The summed E-state index contributed by atoms with van der Waals surface area (Å²) in [5.41, 5.74) is 0.717. The highest BCUT2D eigenvalue weighted by Crippen LogP contribution is 2.35. The molecule has 0 saturated heterocycles. The van der Waals surface area contributed by atoms with Crippen molar-refractivity contribution in [3.8, 4) is 0 Å². The van der Waals surface area contributed by atoms with Gasteiger partial charge in [-0.25, -0.2) is 4.79 Å². The van der Waals surface area contributed by atoms with E-state index in [0.29, 0.717) is 6.92 Å². The van der Waals surface area contributed by atoms with Gasteiger partial charge >= 0.3 is 12.1 Å². The van der Waals surface area contributed by atoms with Gasteiger partial charge in [-0.2, -0.15) is 13.2 Å². The Balaban J connectivity index is 2.88. The van der Waals surface area contributed by atoms with Gasteiger partial charge in [-0.3, -0.25) is 4.79 Å². The third kappa shape index (κ3) is 1.97. The summed E-state index contributed by atoms with van der Waals surface area (Å²) in [6, 6.07) is 0. The van der Waals surface area contributed by atoms with Crippen molar-refractivity contribution in [3.05, 3.63) is 0 Å². The van der Waals surface area contributed by atoms with Crippen LogP contribution in [0.4, 0.5) is 13.2 Å². The van der Waals surface area contributed by atoms with E-state index >= 15 is 0 Å². The monoisotopic (exact) mass is 240 g/mol. The van der Waals surface area contributed by atoms with E-state index in [0.717, 1.165) is 0 Å². The molecule has 1 aliphatic rings. The van der Waals surface area contributed by atoms with Crippen LogP contribution in [0.25, 0.3) is 0 Å². The van der Waals surface area contributed by atoms with Crippen LogP contribution in [0.3, 0.4) is 0 Å². The number of carboxylic acid groups (broad SMARTS) is 1. The molecule has 0 aromatic rings. The minimum absolute atomic E-state index is 0.256. The maximum absolute atomic E-state index is 12.5. The first kappa shape index (κ1) is 12.8. The molecule has 0 spiro atoms. The Bertz CT molecular complexity index is 338. The Kier molecular flexibility index (Phi) is 2.66. The Morgan fingerprint density at radius 1 is 1.38 bits per heavy atom. The number of halogens is 3. The minimum atomic E-state index is -5.08. The molecule has 92 valence electrons. The summed E-state index contributed by atoms with van der Waals surface area (Å²) in [4.78, 5) is 21.9. The molecule has 1 amide bonds. The zero-order chi connectivity index (χ0) is 12.8. The number of amides is 1. The number of hydrogen-bond donors (Lipinski definition) is 3. The first-order valence-electron chi connectivity index (χ1n) is 4.44. The molecule has 0 aromatic heterocycles.